The summed E-state index contributed by atoms with van der Waals surface area (Å²) >= 11 is 1.17. The number of thiophene rings is 1. The van der Waals surface area contributed by atoms with Gasteiger partial charge in [0.25, 0.3) is 11.8 Å². The summed E-state index contributed by atoms with van der Waals surface area (Å²) in [6, 6.07) is 11.1. The van der Waals surface area contributed by atoms with Crippen molar-refractivity contribution in [1.82, 2.24) is 9.78 Å². The van der Waals surface area contributed by atoms with E-state index in [1.54, 1.807) is 10.1 Å². The highest BCUT2D eigenvalue weighted by Gasteiger charge is 2.30. The molecule has 3 N–H and O–H groups in total. The number of carbonyl (C=O) groups is 3. The average Bonchev–Trinajstić information content (AvgIpc) is 3.44. The minimum atomic E-state index is -1.07. The zero-order chi connectivity index (χ0) is 21.3. The SMILES string of the molecule is CC(OC(=O)c1nn(-c2ccccc2)c2c1CCC2)C(=O)Nc1sccc1C(N)=O. The lowest BCUT2D eigenvalue weighted by Gasteiger charge is -2.13. The lowest BCUT2D eigenvalue weighted by Crippen LogP contribution is -2.30. The molecule has 1 aliphatic rings. The maximum Gasteiger partial charge on any atom is 0.359 e. The van der Waals surface area contributed by atoms with Crippen LogP contribution in [-0.4, -0.2) is 33.7 Å². The van der Waals surface area contributed by atoms with Crippen LogP contribution in [0.4, 0.5) is 5.00 Å². The Balaban J connectivity index is 1.51. The molecule has 0 aliphatic heterocycles. The van der Waals surface area contributed by atoms with Crippen LogP contribution in [0.5, 0.6) is 0 Å². The first kappa shape index (κ1) is 19.8. The van der Waals surface area contributed by atoms with Crippen LogP contribution in [0, 0.1) is 0 Å². The van der Waals surface area contributed by atoms with Crippen LogP contribution in [0.2, 0.25) is 0 Å². The molecule has 2 heterocycles. The number of nitrogens with zero attached hydrogens (tertiary/aromatic N) is 2. The molecule has 0 radical (unpaired) electrons. The summed E-state index contributed by atoms with van der Waals surface area (Å²) in [6.45, 7) is 1.47. The van der Waals surface area contributed by atoms with E-state index < -0.39 is 23.9 Å². The van der Waals surface area contributed by atoms with Crippen LogP contribution >= 0.6 is 11.3 Å². The third-order valence-electron chi connectivity index (χ3n) is 4.94. The molecule has 1 unspecified atom stereocenters. The van der Waals surface area contributed by atoms with E-state index in [2.05, 4.69) is 10.4 Å². The predicted molar refractivity (Wildman–Crippen MR) is 112 cm³/mol. The Bertz CT molecular complexity index is 1120. The number of primary amides is 1. The molecule has 9 heteroatoms. The maximum absolute atomic E-state index is 12.8. The number of anilines is 1. The summed E-state index contributed by atoms with van der Waals surface area (Å²) < 4.78 is 7.16. The smallest absolute Gasteiger partial charge is 0.359 e. The number of carbonyl (C=O) groups excluding carboxylic acids is 3. The number of rotatable bonds is 6. The molecule has 0 fully saturated rings. The van der Waals surface area contributed by atoms with Gasteiger partial charge in [0.15, 0.2) is 11.8 Å². The fraction of sp³-hybridized carbons (Fsp3) is 0.238. The number of amides is 2. The molecule has 4 rings (SSSR count). The topological polar surface area (TPSA) is 116 Å². The van der Waals surface area contributed by atoms with E-state index in [4.69, 9.17) is 10.5 Å². The van der Waals surface area contributed by atoms with Gasteiger partial charge < -0.3 is 15.8 Å². The minimum absolute atomic E-state index is 0.214. The van der Waals surface area contributed by atoms with Gasteiger partial charge >= 0.3 is 5.97 Å². The molecule has 1 aromatic carbocycles. The lowest BCUT2D eigenvalue weighted by atomic mass is 10.2. The molecule has 1 aliphatic carbocycles. The van der Waals surface area contributed by atoms with Crippen molar-refractivity contribution in [2.75, 3.05) is 5.32 Å². The highest BCUT2D eigenvalue weighted by Crippen LogP contribution is 2.28. The highest BCUT2D eigenvalue weighted by atomic mass is 32.1. The Morgan fingerprint density at radius 1 is 1.20 bits per heavy atom. The molecule has 3 aromatic rings. The van der Waals surface area contributed by atoms with Crippen LogP contribution in [0.3, 0.4) is 0 Å². The lowest BCUT2D eigenvalue weighted by molar-refractivity contribution is -0.123. The van der Waals surface area contributed by atoms with Crippen LogP contribution in [0.25, 0.3) is 5.69 Å². The van der Waals surface area contributed by atoms with E-state index in [0.29, 0.717) is 5.00 Å². The average molecular weight is 424 g/mol. The summed E-state index contributed by atoms with van der Waals surface area (Å²) in [5.74, 6) is -1.84. The van der Waals surface area contributed by atoms with Gasteiger partial charge in [0.05, 0.1) is 11.3 Å². The van der Waals surface area contributed by atoms with Crippen molar-refractivity contribution in [2.24, 2.45) is 5.73 Å². The van der Waals surface area contributed by atoms with Gasteiger partial charge in [-0.05, 0) is 49.8 Å². The molecule has 2 amide bonds. The van der Waals surface area contributed by atoms with Crippen molar-refractivity contribution in [3.63, 3.8) is 0 Å². The van der Waals surface area contributed by atoms with E-state index in [1.807, 2.05) is 30.3 Å². The van der Waals surface area contributed by atoms with Crippen LogP contribution in [0.15, 0.2) is 41.8 Å². The molecule has 30 heavy (non-hydrogen) atoms. The molecule has 2 aromatic heterocycles. The number of fused-ring (bicyclic) bond motifs is 1. The third-order valence-corrected chi connectivity index (χ3v) is 5.77. The van der Waals surface area contributed by atoms with Gasteiger partial charge in [0.2, 0.25) is 0 Å². The second kappa shape index (κ2) is 8.11. The van der Waals surface area contributed by atoms with E-state index in [0.717, 1.165) is 36.2 Å². The number of aromatic nitrogens is 2. The van der Waals surface area contributed by atoms with Crippen molar-refractivity contribution in [2.45, 2.75) is 32.3 Å². The molecule has 0 saturated heterocycles. The van der Waals surface area contributed by atoms with Crippen LogP contribution in [0.1, 0.15) is 45.4 Å². The van der Waals surface area contributed by atoms with Gasteiger partial charge in [0.1, 0.15) is 5.00 Å². The summed E-state index contributed by atoms with van der Waals surface area (Å²) in [5.41, 5.74) is 8.47. The van der Waals surface area contributed by atoms with Gasteiger partial charge in [-0.1, -0.05) is 18.2 Å². The number of para-hydroxylation sites is 1. The molecular weight excluding hydrogens is 404 g/mol. The van der Waals surface area contributed by atoms with Crippen molar-refractivity contribution >= 4 is 34.1 Å². The monoisotopic (exact) mass is 424 g/mol. The summed E-state index contributed by atoms with van der Waals surface area (Å²) in [4.78, 5) is 36.7. The van der Waals surface area contributed by atoms with Gasteiger partial charge in [-0.25, -0.2) is 9.48 Å². The van der Waals surface area contributed by atoms with Crippen LogP contribution in [-0.2, 0) is 22.4 Å². The minimum Gasteiger partial charge on any atom is -0.448 e. The van der Waals surface area contributed by atoms with E-state index in [9.17, 15) is 14.4 Å². The zero-order valence-electron chi connectivity index (χ0n) is 16.3. The first-order valence-electron chi connectivity index (χ1n) is 9.51. The first-order chi connectivity index (χ1) is 14.5. The summed E-state index contributed by atoms with van der Waals surface area (Å²) in [7, 11) is 0. The van der Waals surface area contributed by atoms with Crippen molar-refractivity contribution in [1.29, 1.82) is 0 Å². The maximum atomic E-state index is 12.8. The normalized spacial score (nSPS) is 13.5. The Morgan fingerprint density at radius 2 is 1.97 bits per heavy atom. The quantitative estimate of drug-likeness (QED) is 0.590. The molecule has 154 valence electrons. The second-order valence-electron chi connectivity index (χ2n) is 6.94. The molecule has 8 nitrogen and oxygen atoms in total. The Morgan fingerprint density at radius 3 is 2.70 bits per heavy atom. The zero-order valence-corrected chi connectivity index (χ0v) is 17.1. The van der Waals surface area contributed by atoms with Gasteiger partial charge in [0, 0.05) is 11.3 Å². The van der Waals surface area contributed by atoms with Gasteiger partial charge in [-0.15, -0.1) is 11.3 Å². The fourth-order valence-corrected chi connectivity index (χ4v) is 4.26. The Hall–Kier alpha value is -3.46. The molecular formula is C21H20N4O4S. The molecule has 0 bridgehead atoms. The van der Waals surface area contributed by atoms with E-state index in [1.165, 1.54) is 24.3 Å². The van der Waals surface area contributed by atoms with Crippen LogP contribution < -0.4 is 11.1 Å². The number of ether oxygens (including phenoxy) is 1. The molecule has 0 saturated carbocycles. The number of nitrogens with one attached hydrogen (secondary N) is 1. The highest BCUT2D eigenvalue weighted by molar-refractivity contribution is 7.14. The van der Waals surface area contributed by atoms with E-state index in [-0.39, 0.29) is 11.3 Å². The predicted octanol–water partition coefficient (Wildman–Crippen LogP) is 2.71. The van der Waals surface area contributed by atoms with Crippen molar-refractivity contribution in [3.8, 4) is 5.69 Å². The van der Waals surface area contributed by atoms with E-state index >= 15 is 0 Å². The number of hydrogen-bond acceptors (Lipinski definition) is 6. The van der Waals surface area contributed by atoms with Crippen molar-refractivity contribution in [3.05, 3.63) is 64.3 Å². The standard InChI is InChI=1S/C21H20N4O4S/c1-12(19(27)23-20-15(18(22)26)10-11-30-20)29-21(28)17-14-8-5-9-16(14)25(24-17)13-6-3-2-4-7-13/h2-4,6-7,10-12H,5,8-9H2,1H3,(H2,22,26)(H,23,27). The number of hydrogen-bond donors (Lipinski definition) is 2. The van der Waals surface area contributed by atoms with Gasteiger partial charge in [-0.3, -0.25) is 9.59 Å². The largest absolute Gasteiger partial charge is 0.448 e. The Labute approximate surface area is 176 Å². The number of nitrogens with two attached hydrogens (primary N) is 1. The molecule has 0 spiro atoms. The Kier molecular flexibility index (Phi) is 5.37. The van der Waals surface area contributed by atoms with Gasteiger partial charge in [-0.2, -0.15) is 5.10 Å². The first-order valence-corrected chi connectivity index (χ1v) is 10.4. The third kappa shape index (κ3) is 3.71. The fourth-order valence-electron chi connectivity index (χ4n) is 3.47. The molecule has 1 atom stereocenters. The summed E-state index contributed by atoms with van der Waals surface area (Å²) in [6.07, 6.45) is 1.43. The van der Waals surface area contributed by atoms with Crippen molar-refractivity contribution < 1.29 is 19.1 Å². The summed E-state index contributed by atoms with van der Waals surface area (Å²) in [5, 5.41) is 9.03. The number of benzene rings is 1. The second-order valence-corrected chi connectivity index (χ2v) is 7.86. The number of esters is 1.